The van der Waals surface area contributed by atoms with Crippen LogP contribution in [0.1, 0.15) is 16.7 Å². The fourth-order valence-corrected chi connectivity index (χ4v) is 3.01. The van der Waals surface area contributed by atoms with E-state index in [1.54, 1.807) is 17.8 Å². The lowest BCUT2D eigenvalue weighted by molar-refractivity contribution is 0.311. The topological polar surface area (TPSA) is 87.2 Å². The summed E-state index contributed by atoms with van der Waals surface area (Å²) in [4.78, 5) is 0.0335. The summed E-state index contributed by atoms with van der Waals surface area (Å²) >= 11 is 0. The van der Waals surface area contributed by atoms with Crippen molar-refractivity contribution in [3.05, 3.63) is 41.2 Å². The van der Waals surface area contributed by atoms with Gasteiger partial charge in [0.05, 0.1) is 12.8 Å². The van der Waals surface area contributed by atoms with Crippen LogP contribution in [0.5, 0.6) is 5.75 Å². The van der Waals surface area contributed by atoms with Crippen LogP contribution >= 0.6 is 0 Å². The molecule has 114 valence electrons. The molecule has 0 atom stereocenters. The minimum atomic E-state index is -3.81. The Kier molecular flexibility index (Phi) is 4.34. The second kappa shape index (κ2) is 5.87. The highest BCUT2D eigenvalue weighted by atomic mass is 32.2. The summed E-state index contributed by atoms with van der Waals surface area (Å²) in [6, 6.07) is 3.40. The summed E-state index contributed by atoms with van der Waals surface area (Å²) in [5.74, 6) is 0.326. The number of aryl methyl sites for hydroxylation is 3. The second-order valence-electron chi connectivity index (χ2n) is 5.07. The molecule has 0 spiro atoms. The van der Waals surface area contributed by atoms with Crippen molar-refractivity contribution >= 4 is 10.0 Å². The van der Waals surface area contributed by atoms with Crippen LogP contribution in [0.4, 0.5) is 0 Å². The highest BCUT2D eigenvalue weighted by Gasteiger charge is 2.18. The lowest BCUT2D eigenvalue weighted by atomic mass is 10.1. The molecule has 2 rings (SSSR count). The van der Waals surface area contributed by atoms with Gasteiger partial charge in [0.15, 0.2) is 0 Å². The van der Waals surface area contributed by atoms with Gasteiger partial charge in [-0.3, -0.25) is 4.68 Å². The fourth-order valence-electron chi connectivity index (χ4n) is 2.18. The molecular weight excluding hydrogens is 290 g/mol. The molecule has 0 unspecified atom stereocenters. The van der Waals surface area contributed by atoms with E-state index in [9.17, 15) is 8.42 Å². The standard InChI is InChI=1S/C14H19N3O3S/c1-10-6-11(2)14(13(7-10)21(15,18)19)20-5-4-12-8-16-17(3)9-12/h6-9H,4-5H2,1-3H3,(H2,15,18,19). The van der Waals surface area contributed by atoms with Gasteiger partial charge >= 0.3 is 0 Å². The van der Waals surface area contributed by atoms with Crippen molar-refractivity contribution in [3.63, 3.8) is 0 Å². The quantitative estimate of drug-likeness (QED) is 0.902. The predicted octanol–water partition coefficient (Wildman–Crippen LogP) is 1.31. The zero-order chi connectivity index (χ0) is 15.6. The Morgan fingerprint density at radius 1 is 1.33 bits per heavy atom. The average Bonchev–Trinajstić information content (AvgIpc) is 2.76. The molecule has 7 heteroatoms. The van der Waals surface area contributed by atoms with E-state index in [0.717, 1.165) is 16.7 Å². The van der Waals surface area contributed by atoms with Gasteiger partial charge in [-0.2, -0.15) is 5.10 Å². The molecule has 0 fully saturated rings. The molecular formula is C14H19N3O3S. The third-order valence-electron chi connectivity index (χ3n) is 3.09. The Bertz CT molecular complexity index is 751. The molecule has 21 heavy (non-hydrogen) atoms. The van der Waals surface area contributed by atoms with Crippen LogP contribution in [0.2, 0.25) is 0 Å². The molecule has 0 aliphatic carbocycles. The summed E-state index contributed by atoms with van der Waals surface area (Å²) in [5, 5.41) is 9.33. The van der Waals surface area contributed by atoms with Crippen LogP contribution < -0.4 is 9.88 Å². The largest absolute Gasteiger partial charge is 0.492 e. The third-order valence-corrected chi connectivity index (χ3v) is 4.00. The smallest absolute Gasteiger partial charge is 0.241 e. The van der Waals surface area contributed by atoms with Crippen LogP contribution in [0.25, 0.3) is 0 Å². The zero-order valence-corrected chi connectivity index (χ0v) is 13.1. The van der Waals surface area contributed by atoms with Crippen molar-refractivity contribution in [2.45, 2.75) is 25.2 Å². The van der Waals surface area contributed by atoms with Gasteiger partial charge < -0.3 is 4.74 Å². The normalized spacial score (nSPS) is 11.6. The van der Waals surface area contributed by atoms with Gasteiger partial charge in [-0.15, -0.1) is 0 Å². The first kappa shape index (κ1) is 15.5. The Balaban J connectivity index is 2.19. The maximum absolute atomic E-state index is 11.7. The summed E-state index contributed by atoms with van der Waals surface area (Å²) in [7, 11) is -1.97. The minimum absolute atomic E-state index is 0.0335. The number of benzene rings is 1. The molecule has 0 bridgehead atoms. The molecule has 0 radical (unpaired) electrons. The van der Waals surface area contributed by atoms with E-state index < -0.39 is 10.0 Å². The predicted molar refractivity (Wildman–Crippen MR) is 79.7 cm³/mol. The van der Waals surface area contributed by atoms with E-state index in [2.05, 4.69) is 5.10 Å². The molecule has 0 aliphatic rings. The monoisotopic (exact) mass is 309 g/mol. The Morgan fingerprint density at radius 2 is 2.05 bits per heavy atom. The number of primary sulfonamides is 1. The van der Waals surface area contributed by atoms with E-state index in [1.807, 2.05) is 26.2 Å². The Labute approximate surface area is 124 Å². The molecule has 0 saturated carbocycles. The van der Waals surface area contributed by atoms with Crippen molar-refractivity contribution in [3.8, 4) is 5.75 Å². The highest BCUT2D eigenvalue weighted by Crippen LogP contribution is 2.28. The van der Waals surface area contributed by atoms with Crippen LogP contribution in [0.3, 0.4) is 0 Å². The van der Waals surface area contributed by atoms with Crippen LogP contribution in [-0.4, -0.2) is 24.8 Å². The summed E-state index contributed by atoms with van der Waals surface area (Å²) < 4.78 is 30.7. The zero-order valence-electron chi connectivity index (χ0n) is 12.3. The number of ether oxygens (including phenoxy) is 1. The van der Waals surface area contributed by atoms with E-state index in [0.29, 0.717) is 18.8 Å². The van der Waals surface area contributed by atoms with Crippen LogP contribution in [0.15, 0.2) is 29.4 Å². The van der Waals surface area contributed by atoms with Gasteiger partial charge in [-0.05, 0) is 36.6 Å². The fraction of sp³-hybridized carbons (Fsp3) is 0.357. The number of rotatable bonds is 5. The Hall–Kier alpha value is -1.86. The lowest BCUT2D eigenvalue weighted by Crippen LogP contribution is -2.15. The van der Waals surface area contributed by atoms with Crippen molar-refractivity contribution in [1.82, 2.24) is 9.78 Å². The molecule has 0 saturated heterocycles. The van der Waals surface area contributed by atoms with Crippen molar-refractivity contribution in [2.24, 2.45) is 12.2 Å². The first-order valence-electron chi connectivity index (χ1n) is 6.52. The SMILES string of the molecule is Cc1cc(C)c(OCCc2cnn(C)c2)c(S(N)(=O)=O)c1. The van der Waals surface area contributed by atoms with E-state index in [4.69, 9.17) is 9.88 Å². The summed E-state index contributed by atoms with van der Waals surface area (Å²) in [6.45, 7) is 3.99. The van der Waals surface area contributed by atoms with Crippen LogP contribution in [0, 0.1) is 13.8 Å². The third kappa shape index (κ3) is 3.83. The van der Waals surface area contributed by atoms with Crippen molar-refractivity contribution in [2.75, 3.05) is 6.61 Å². The first-order valence-corrected chi connectivity index (χ1v) is 8.06. The van der Waals surface area contributed by atoms with Gasteiger partial charge in [0.1, 0.15) is 10.6 Å². The van der Waals surface area contributed by atoms with Crippen molar-refractivity contribution < 1.29 is 13.2 Å². The number of hydrogen-bond acceptors (Lipinski definition) is 4. The molecule has 2 N–H and O–H groups in total. The molecule has 1 heterocycles. The highest BCUT2D eigenvalue weighted by molar-refractivity contribution is 7.89. The number of nitrogens with two attached hydrogens (primary N) is 1. The minimum Gasteiger partial charge on any atom is -0.492 e. The number of nitrogens with zero attached hydrogens (tertiary/aromatic N) is 2. The molecule has 6 nitrogen and oxygen atoms in total. The van der Waals surface area contributed by atoms with E-state index in [1.165, 1.54) is 6.07 Å². The van der Waals surface area contributed by atoms with Gasteiger partial charge in [0.25, 0.3) is 0 Å². The first-order chi connectivity index (χ1) is 9.77. The van der Waals surface area contributed by atoms with Gasteiger partial charge in [0, 0.05) is 19.7 Å². The molecule has 1 aromatic heterocycles. The van der Waals surface area contributed by atoms with Gasteiger partial charge in [-0.25, -0.2) is 13.6 Å². The average molecular weight is 309 g/mol. The number of sulfonamides is 1. The van der Waals surface area contributed by atoms with Crippen molar-refractivity contribution in [1.29, 1.82) is 0 Å². The van der Waals surface area contributed by atoms with E-state index >= 15 is 0 Å². The van der Waals surface area contributed by atoms with E-state index in [-0.39, 0.29) is 4.90 Å². The lowest BCUT2D eigenvalue weighted by Gasteiger charge is -2.13. The second-order valence-corrected chi connectivity index (χ2v) is 6.60. The van der Waals surface area contributed by atoms with Gasteiger partial charge in [-0.1, -0.05) is 6.07 Å². The molecule has 2 aromatic rings. The Morgan fingerprint density at radius 3 is 2.62 bits per heavy atom. The summed E-state index contributed by atoms with van der Waals surface area (Å²) in [5.41, 5.74) is 2.61. The molecule has 0 aliphatic heterocycles. The maximum Gasteiger partial charge on any atom is 0.241 e. The van der Waals surface area contributed by atoms with Crippen LogP contribution in [-0.2, 0) is 23.5 Å². The number of aromatic nitrogens is 2. The molecule has 0 amide bonds. The van der Waals surface area contributed by atoms with Gasteiger partial charge in [0.2, 0.25) is 10.0 Å². The number of hydrogen-bond donors (Lipinski definition) is 1. The maximum atomic E-state index is 11.7. The molecule has 1 aromatic carbocycles. The summed E-state index contributed by atoms with van der Waals surface area (Å²) in [6.07, 6.45) is 4.29.